The Morgan fingerprint density at radius 3 is 1.00 bits per heavy atom. The predicted molar refractivity (Wildman–Crippen MR) is 239 cm³/mol. The Bertz CT molecular complexity index is 2040. The van der Waals surface area contributed by atoms with Crippen LogP contribution in [0.5, 0.6) is 34.5 Å². The summed E-state index contributed by atoms with van der Waals surface area (Å²) in [5, 5.41) is 0. The molecular formula is C52H58O10. The number of ether oxygens (including phenoxy) is 6. The van der Waals surface area contributed by atoms with E-state index in [0.29, 0.717) is 47.3 Å². The van der Waals surface area contributed by atoms with Gasteiger partial charge in [-0.2, -0.15) is 0 Å². The molecule has 0 spiro atoms. The first kappa shape index (κ1) is 46.6. The summed E-state index contributed by atoms with van der Waals surface area (Å²) < 4.78 is 34.1. The zero-order chi connectivity index (χ0) is 44.1. The van der Waals surface area contributed by atoms with Gasteiger partial charge >= 0.3 is 23.9 Å². The number of esters is 4. The third-order valence-electron chi connectivity index (χ3n) is 10.2. The fourth-order valence-corrected chi connectivity index (χ4v) is 6.49. The largest absolute Gasteiger partial charge is 0.494 e. The van der Waals surface area contributed by atoms with Crippen LogP contribution in [0.1, 0.15) is 143 Å². The second kappa shape index (κ2) is 24.7. The van der Waals surface area contributed by atoms with Crippen LogP contribution in [0.3, 0.4) is 0 Å². The Morgan fingerprint density at radius 1 is 0.371 bits per heavy atom. The van der Waals surface area contributed by atoms with Crippen LogP contribution in [0, 0.1) is 13.8 Å². The quantitative estimate of drug-likeness (QED) is 0.0337. The molecule has 0 saturated heterocycles. The molecular weight excluding hydrogens is 785 g/mol. The normalized spacial score (nSPS) is 10.8. The Balaban J connectivity index is 1.08. The molecule has 10 nitrogen and oxygen atoms in total. The SMILES string of the molecule is CCCCCCCCOc1ccc(OC(=O)c2ccc(C(=O)Oc3cc(C)cc(OC(=O)c4ccc(C(=O)Oc5ccc(OCCCCCCCC)cc5)cc4)c3C)cc2)cc1. The van der Waals surface area contributed by atoms with Gasteiger partial charge in [-0.1, -0.05) is 78.1 Å². The number of unbranched alkanes of at least 4 members (excludes halogenated alkanes) is 10. The number of hydrogen-bond acceptors (Lipinski definition) is 10. The van der Waals surface area contributed by atoms with Crippen LogP contribution in [-0.2, 0) is 0 Å². The fourth-order valence-electron chi connectivity index (χ4n) is 6.49. The van der Waals surface area contributed by atoms with Crippen molar-refractivity contribution in [2.45, 2.75) is 105 Å². The van der Waals surface area contributed by atoms with Gasteiger partial charge in [-0.3, -0.25) is 0 Å². The third-order valence-corrected chi connectivity index (χ3v) is 10.2. The Morgan fingerprint density at radius 2 is 0.661 bits per heavy atom. The van der Waals surface area contributed by atoms with E-state index in [1.165, 1.54) is 99.9 Å². The van der Waals surface area contributed by atoms with Crippen LogP contribution in [0.2, 0.25) is 0 Å². The van der Waals surface area contributed by atoms with Gasteiger partial charge in [-0.15, -0.1) is 0 Å². The standard InChI is InChI=1S/C52H58O10/c1-5-7-9-11-13-15-33-57-43-25-29-45(30-26-43)59-49(53)39-17-21-41(22-18-39)51(55)61-47-35-37(3)36-48(38(47)4)62-52(56)42-23-19-40(20-24-42)50(54)60-46-31-27-44(28-32-46)58-34-16-14-12-10-8-6-2/h17-32,35-36H,5-16,33-34H2,1-4H3. The van der Waals surface area contributed by atoms with Crippen LogP contribution in [0.25, 0.3) is 0 Å². The summed E-state index contributed by atoms with van der Waals surface area (Å²) in [6, 6.07) is 29.0. The average Bonchev–Trinajstić information content (AvgIpc) is 3.28. The van der Waals surface area contributed by atoms with Crippen molar-refractivity contribution in [3.8, 4) is 34.5 Å². The molecule has 5 aromatic rings. The summed E-state index contributed by atoms with van der Waals surface area (Å²) in [5.41, 5.74) is 2.03. The molecule has 0 amide bonds. The second-order valence-electron chi connectivity index (χ2n) is 15.3. The molecule has 0 N–H and O–H groups in total. The summed E-state index contributed by atoms with van der Waals surface area (Å²) in [5.74, 6) is 0.0938. The molecule has 0 aliphatic carbocycles. The lowest BCUT2D eigenvalue weighted by molar-refractivity contribution is 0.0712. The smallest absolute Gasteiger partial charge is 0.343 e. The van der Waals surface area contributed by atoms with E-state index in [9.17, 15) is 19.2 Å². The third kappa shape index (κ3) is 14.9. The van der Waals surface area contributed by atoms with Gasteiger partial charge in [-0.05, 0) is 141 Å². The molecule has 0 bridgehead atoms. The highest BCUT2D eigenvalue weighted by Crippen LogP contribution is 2.31. The van der Waals surface area contributed by atoms with Crippen molar-refractivity contribution in [2.24, 2.45) is 0 Å². The highest BCUT2D eigenvalue weighted by Gasteiger charge is 2.19. The fraction of sp³-hybridized carbons (Fsp3) is 0.346. The van der Waals surface area contributed by atoms with E-state index in [2.05, 4.69) is 13.8 Å². The topological polar surface area (TPSA) is 124 Å². The lowest BCUT2D eigenvalue weighted by atomic mass is 10.1. The summed E-state index contributed by atoms with van der Waals surface area (Å²) in [6.45, 7) is 9.14. The summed E-state index contributed by atoms with van der Waals surface area (Å²) in [7, 11) is 0. The molecule has 0 fully saturated rings. The number of aryl methyl sites for hydroxylation is 1. The number of carbonyl (C=O) groups is 4. The minimum absolute atomic E-state index is 0.205. The van der Waals surface area contributed by atoms with E-state index in [1.54, 1.807) is 74.5 Å². The molecule has 0 aliphatic heterocycles. The number of rotatable bonds is 24. The highest BCUT2D eigenvalue weighted by atomic mass is 16.6. The maximum atomic E-state index is 13.2. The zero-order valence-electron chi connectivity index (χ0n) is 36.4. The van der Waals surface area contributed by atoms with Crippen LogP contribution in [0.4, 0.5) is 0 Å². The van der Waals surface area contributed by atoms with Gasteiger partial charge in [0.1, 0.15) is 34.5 Å². The maximum absolute atomic E-state index is 13.2. The van der Waals surface area contributed by atoms with E-state index in [4.69, 9.17) is 28.4 Å². The van der Waals surface area contributed by atoms with Crippen LogP contribution >= 0.6 is 0 Å². The van der Waals surface area contributed by atoms with Gasteiger partial charge in [0.15, 0.2) is 0 Å². The Labute approximate surface area is 365 Å². The van der Waals surface area contributed by atoms with E-state index in [1.807, 2.05) is 0 Å². The molecule has 10 heteroatoms. The van der Waals surface area contributed by atoms with Gasteiger partial charge < -0.3 is 28.4 Å². The number of benzene rings is 5. The van der Waals surface area contributed by atoms with E-state index in [-0.39, 0.29) is 33.8 Å². The molecule has 0 aliphatic rings. The molecule has 0 saturated carbocycles. The Kier molecular flexibility index (Phi) is 18.6. The lowest BCUT2D eigenvalue weighted by Gasteiger charge is -2.14. The molecule has 0 heterocycles. The van der Waals surface area contributed by atoms with Crippen molar-refractivity contribution in [3.05, 3.63) is 143 Å². The summed E-state index contributed by atoms with van der Waals surface area (Å²) in [6.07, 6.45) is 14.2. The van der Waals surface area contributed by atoms with Gasteiger partial charge in [0.2, 0.25) is 0 Å². The molecule has 326 valence electrons. The van der Waals surface area contributed by atoms with Crippen LogP contribution in [-0.4, -0.2) is 37.1 Å². The predicted octanol–water partition coefficient (Wildman–Crippen LogP) is 12.7. The molecule has 0 aromatic heterocycles. The highest BCUT2D eigenvalue weighted by molar-refractivity contribution is 5.96. The average molecular weight is 843 g/mol. The van der Waals surface area contributed by atoms with E-state index >= 15 is 0 Å². The van der Waals surface area contributed by atoms with Gasteiger partial charge in [-0.25, -0.2) is 19.2 Å². The van der Waals surface area contributed by atoms with E-state index < -0.39 is 23.9 Å². The summed E-state index contributed by atoms with van der Waals surface area (Å²) in [4.78, 5) is 52.1. The second-order valence-corrected chi connectivity index (χ2v) is 15.3. The molecule has 5 rings (SSSR count). The first-order chi connectivity index (χ1) is 30.1. The molecule has 5 aromatic carbocycles. The molecule has 0 unspecified atom stereocenters. The van der Waals surface area contributed by atoms with Crippen LogP contribution in [0.15, 0.2) is 109 Å². The molecule has 62 heavy (non-hydrogen) atoms. The molecule has 0 radical (unpaired) electrons. The summed E-state index contributed by atoms with van der Waals surface area (Å²) >= 11 is 0. The Hall–Kier alpha value is -6.42. The minimum Gasteiger partial charge on any atom is -0.494 e. The van der Waals surface area contributed by atoms with E-state index in [0.717, 1.165) is 25.7 Å². The van der Waals surface area contributed by atoms with Gasteiger partial charge in [0.25, 0.3) is 0 Å². The number of hydrogen-bond donors (Lipinski definition) is 0. The minimum atomic E-state index is -0.664. The van der Waals surface area contributed by atoms with Crippen LogP contribution < -0.4 is 28.4 Å². The zero-order valence-corrected chi connectivity index (χ0v) is 36.4. The van der Waals surface area contributed by atoms with Crippen molar-refractivity contribution in [2.75, 3.05) is 13.2 Å². The first-order valence-electron chi connectivity index (χ1n) is 21.8. The van der Waals surface area contributed by atoms with Gasteiger partial charge in [0.05, 0.1) is 35.5 Å². The first-order valence-corrected chi connectivity index (χ1v) is 21.8. The lowest BCUT2D eigenvalue weighted by Crippen LogP contribution is -2.13. The van der Waals surface area contributed by atoms with Crippen molar-refractivity contribution in [1.29, 1.82) is 0 Å². The number of carbonyl (C=O) groups excluding carboxylic acids is 4. The van der Waals surface area contributed by atoms with Crippen molar-refractivity contribution < 1.29 is 47.6 Å². The van der Waals surface area contributed by atoms with Crippen molar-refractivity contribution in [3.63, 3.8) is 0 Å². The van der Waals surface area contributed by atoms with Gasteiger partial charge in [0, 0.05) is 5.56 Å². The monoisotopic (exact) mass is 842 g/mol. The molecule has 0 atom stereocenters. The maximum Gasteiger partial charge on any atom is 0.343 e. The van der Waals surface area contributed by atoms with Crippen molar-refractivity contribution in [1.82, 2.24) is 0 Å². The van der Waals surface area contributed by atoms with Crippen molar-refractivity contribution >= 4 is 23.9 Å².